The highest BCUT2D eigenvalue weighted by molar-refractivity contribution is 5.95. The molecule has 0 atom stereocenters. The second-order valence-electron chi connectivity index (χ2n) is 8.86. The van der Waals surface area contributed by atoms with Gasteiger partial charge in [-0.05, 0) is 70.9 Å². The molecule has 152 valence electrons. The second kappa shape index (κ2) is 9.00. The van der Waals surface area contributed by atoms with E-state index in [0.717, 1.165) is 37.4 Å². The molecule has 1 aromatic rings. The monoisotopic (exact) mass is 393 g/mol. The van der Waals surface area contributed by atoms with Crippen LogP contribution in [0.2, 0.25) is 0 Å². The van der Waals surface area contributed by atoms with Crippen LogP contribution in [0.1, 0.15) is 85.6 Å². The van der Waals surface area contributed by atoms with Gasteiger partial charge in [0.15, 0.2) is 0 Å². The van der Waals surface area contributed by atoms with Gasteiger partial charge in [0, 0.05) is 36.6 Å². The van der Waals surface area contributed by atoms with E-state index in [1.54, 1.807) is 0 Å². The zero-order chi connectivity index (χ0) is 18.1. The highest BCUT2D eigenvalue weighted by Gasteiger charge is 2.29. The van der Waals surface area contributed by atoms with E-state index in [4.69, 9.17) is 0 Å². The molecule has 1 saturated heterocycles. The van der Waals surface area contributed by atoms with Crippen molar-refractivity contribution in [2.75, 3.05) is 19.6 Å². The van der Waals surface area contributed by atoms with E-state index in [9.17, 15) is 4.79 Å². The molecule has 4 nitrogen and oxygen atoms in total. The number of nitrogens with zero attached hydrogens (tertiary/aromatic N) is 2. The number of piperidine rings is 1. The number of halogens is 1. The number of likely N-dealkylation sites (tertiary alicyclic amines) is 1. The number of aromatic nitrogens is 1. The average molecular weight is 394 g/mol. The number of rotatable bonds is 5. The van der Waals surface area contributed by atoms with E-state index in [-0.39, 0.29) is 18.3 Å². The van der Waals surface area contributed by atoms with E-state index in [1.807, 2.05) is 0 Å². The Morgan fingerprint density at radius 2 is 1.70 bits per heavy atom. The fourth-order valence-corrected chi connectivity index (χ4v) is 5.01. The molecular formula is C22H36ClN3O. The first kappa shape index (κ1) is 20.7. The fourth-order valence-electron chi connectivity index (χ4n) is 5.01. The molecule has 0 spiro atoms. The van der Waals surface area contributed by atoms with Crippen molar-refractivity contribution in [2.45, 2.75) is 83.7 Å². The summed E-state index contributed by atoms with van der Waals surface area (Å²) in [7, 11) is 0. The van der Waals surface area contributed by atoms with Gasteiger partial charge in [0.1, 0.15) is 0 Å². The predicted octanol–water partition coefficient (Wildman–Crippen LogP) is 4.64. The van der Waals surface area contributed by atoms with Crippen LogP contribution in [-0.2, 0) is 0 Å². The van der Waals surface area contributed by atoms with Crippen LogP contribution < -0.4 is 5.32 Å². The molecule has 2 aliphatic carbocycles. The standard InChI is InChI=1S/C22H35N3O.ClH/c1-16-14-21(17(2)25(16)20-6-4-3-5-7-20)22(26)24-12-10-19(11-13-24)23-15-18-8-9-18;/h14,18-20,23H,3-13,15H2,1-2H3;1H. The maximum Gasteiger partial charge on any atom is 0.255 e. The van der Waals surface area contributed by atoms with Crippen molar-refractivity contribution in [3.8, 4) is 0 Å². The molecule has 0 radical (unpaired) electrons. The quantitative estimate of drug-likeness (QED) is 0.791. The van der Waals surface area contributed by atoms with Gasteiger partial charge in [-0.3, -0.25) is 4.79 Å². The maximum atomic E-state index is 13.1. The number of hydrogen-bond donors (Lipinski definition) is 1. The van der Waals surface area contributed by atoms with Gasteiger partial charge in [-0.25, -0.2) is 0 Å². The average Bonchev–Trinajstić information content (AvgIpc) is 3.45. The van der Waals surface area contributed by atoms with Crippen LogP contribution >= 0.6 is 12.4 Å². The smallest absolute Gasteiger partial charge is 0.255 e. The number of carbonyl (C=O) groups excluding carboxylic acids is 1. The number of amides is 1. The molecule has 1 aliphatic heterocycles. The number of hydrogen-bond acceptors (Lipinski definition) is 2. The minimum Gasteiger partial charge on any atom is -0.345 e. The van der Waals surface area contributed by atoms with Crippen molar-refractivity contribution >= 4 is 18.3 Å². The highest BCUT2D eigenvalue weighted by Crippen LogP contribution is 2.33. The molecule has 0 unspecified atom stereocenters. The van der Waals surface area contributed by atoms with Crippen LogP contribution in [0.25, 0.3) is 0 Å². The first-order valence-electron chi connectivity index (χ1n) is 10.8. The summed E-state index contributed by atoms with van der Waals surface area (Å²) in [6.45, 7) is 7.30. The molecule has 2 heterocycles. The summed E-state index contributed by atoms with van der Waals surface area (Å²) in [6.07, 6.45) is 11.6. The normalized spacial score (nSPS) is 21.9. The molecule has 1 aromatic heterocycles. The summed E-state index contributed by atoms with van der Waals surface area (Å²) in [5.41, 5.74) is 3.39. The van der Waals surface area contributed by atoms with Crippen LogP contribution in [0.15, 0.2) is 6.07 Å². The van der Waals surface area contributed by atoms with Crippen molar-refractivity contribution in [1.29, 1.82) is 0 Å². The highest BCUT2D eigenvalue weighted by atomic mass is 35.5. The van der Waals surface area contributed by atoms with Gasteiger partial charge in [-0.1, -0.05) is 19.3 Å². The van der Waals surface area contributed by atoms with Gasteiger partial charge >= 0.3 is 0 Å². The lowest BCUT2D eigenvalue weighted by Crippen LogP contribution is -2.45. The molecule has 4 rings (SSSR count). The number of carbonyl (C=O) groups is 1. The Balaban J connectivity index is 0.00000210. The minimum absolute atomic E-state index is 0. The minimum atomic E-state index is 0. The van der Waals surface area contributed by atoms with Crippen molar-refractivity contribution < 1.29 is 4.79 Å². The summed E-state index contributed by atoms with van der Waals surface area (Å²) in [4.78, 5) is 15.2. The molecule has 5 heteroatoms. The zero-order valence-electron chi connectivity index (χ0n) is 17.0. The first-order valence-corrected chi connectivity index (χ1v) is 10.8. The third-order valence-corrected chi connectivity index (χ3v) is 6.83. The molecule has 0 aromatic carbocycles. The van der Waals surface area contributed by atoms with E-state index >= 15 is 0 Å². The number of aryl methyl sites for hydroxylation is 1. The van der Waals surface area contributed by atoms with Gasteiger partial charge < -0.3 is 14.8 Å². The summed E-state index contributed by atoms with van der Waals surface area (Å²) in [5.74, 6) is 1.18. The van der Waals surface area contributed by atoms with Crippen molar-refractivity contribution in [3.63, 3.8) is 0 Å². The van der Waals surface area contributed by atoms with Crippen LogP contribution in [0.4, 0.5) is 0 Å². The Bertz CT molecular complexity index is 638. The molecular weight excluding hydrogens is 358 g/mol. The van der Waals surface area contributed by atoms with Crippen LogP contribution in [-0.4, -0.2) is 41.1 Å². The van der Waals surface area contributed by atoms with E-state index in [1.165, 1.54) is 62.9 Å². The first-order chi connectivity index (χ1) is 12.6. The van der Waals surface area contributed by atoms with Gasteiger partial charge in [-0.2, -0.15) is 0 Å². The zero-order valence-corrected chi connectivity index (χ0v) is 17.8. The van der Waals surface area contributed by atoms with Crippen molar-refractivity contribution in [2.24, 2.45) is 5.92 Å². The van der Waals surface area contributed by atoms with Crippen molar-refractivity contribution in [1.82, 2.24) is 14.8 Å². The summed E-state index contributed by atoms with van der Waals surface area (Å²) in [5, 5.41) is 3.71. The van der Waals surface area contributed by atoms with Gasteiger partial charge in [-0.15, -0.1) is 12.4 Å². The van der Waals surface area contributed by atoms with Crippen molar-refractivity contribution in [3.05, 3.63) is 23.0 Å². The summed E-state index contributed by atoms with van der Waals surface area (Å²) < 4.78 is 2.45. The molecule has 27 heavy (non-hydrogen) atoms. The third-order valence-electron chi connectivity index (χ3n) is 6.83. The Kier molecular flexibility index (Phi) is 6.91. The van der Waals surface area contributed by atoms with Crippen LogP contribution in [0.5, 0.6) is 0 Å². The molecule has 1 N–H and O–H groups in total. The van der Waals surface area contributed by atoms with E-state index in [2.05, 4.69) is 34.7 Å². The lowest BCUT2D eigenvalue weighted by atomic mass is 9.95. The lowest BCUT2D eigenvalue weighted by molar-refractivity contribution is 0.0704. The second-order valence-corrected chi connectivity index (χ2v) is 8.86. The Morgan fingerprint density at radius 3 is 2.33 bits per heavy atom. The van der Waals surface area contributed by atoms with E-state index < -0.39 is 0 Å². The predicted molar refractivity (Wildman–Crippen MR) is 113 cm³/mol. The van der Waals surface area contributed by atoms with Gasteiger partial charge in [0.2, 0.25) is 0 Å². The topological polar surface area (TPSA) is 37.3 Å². The summed E-state index contributed by atoms with van der Waals surface area (Å²) >= 11 is 0. The Morgan fingerprint density at radius 1 is 1.04 bits per heavy atom. The number of nitrogens with one attached hydrogen (secondary N) is 1. The Hall–Kier alpha value is -1.000. The Labute approximate surface area is 170 Å². The molecule has 1 amide bonds. The molecule has 2 saturated carbocycles. The maximum absolute atomic E-state index is 13.1. The largest absolute Gasteiger partial charge is 0.345 e. The van der Waals surface area contributed by atoms with E-state index in [0.29, 0.717) is 12.1 Å². The molecule has 0 bridgehead atoms. The summed E-state index contributed by atoms with van der Waals surface area (Å²) in [6, 6.07) is 3.35. The van der Waals surface area contributed by atoms with Crippen LogP contribution in [0.3, 0.4) is 0 Å². The lowest BCUT2D eigenvalue weighted by Gasteiger charge is -2.33. The van der Waals surface area contributed by atoms with Gasteiger partial charge in [0.25, 0.3) is 5.91 Å². The fraction of sp³-hybridized carbons (Fsp3) is 0.773. The van der Waals surface area contributed by atoms with Gasteiger partial charge in [0.05, 0.1) is 5.56 Å². The van der Waals surface area contributed by atoms with Crippen LogP contribution in [0, 0.1) is 19.8 Å². The molecule has 3 aliphatic rings. The SMILES string of the molecule is Cc1cc(C(=O)N2CCC(NCC3CC3)CC2)c(C)n1C1CCCCC1.Cl. The molecule has 3 fully saturated rings. The third kappa shape index (κ3) is 4.71.